The second kappa shape index (κ2) is 5.73. The largest absolute Gasteiger partial charge is 0.304 e. The molecule has 1 fully saturated rings. The summed E-state index contributed by atoms with van der Waals surface area (Å²) in [6, 6.07) is 0. The maximum atomic E-state index is 10.7. The van der Waals surface area contributed by atoms with E-state index < -0.39 is 22.7 Å². The molecule has 0 aromatic heterocycles. The van der Waals surface area contributed by atoms with E-state index in [0.717, 1.165) is 0 Å². The van der Waals surface area contributed by atoms with Gasteiger partial charge in [-0.15, -0.1) is 0 Å². The van der Waals surface area contributed by atoms with E-state index in [1.165, 1.54) is 0 Å². The summed E-state index contributed by atoms with van der Waals surface area (Å²) in [7, 11) is 0. The summed E-state index contributed by atoms with van der Waals surface area (Å²) >= 11 is -3.52. The van der Waals surface area contributed by atoms with Crippen molar-refractivity contribution in [2.45, 2.75) is 0 Å². The Morgan fingerprint density at radius 1 is 0.667 bits per heavy atom. The van der Waals surface area contributed by atoms with E-state index in [2.05, 4.69) is 16.7 Å². The van der Waals surface area contributed by atoms with E-state index in [9.17, 15) is 8.42 Å². The van der Waals surface area contributed by atoms with Crippen LogP contribution in [0.1, 0.15) is 0 Å². The Bertz CT molecular complexity index is 146. The third-order valence-electron chi connectivity index (χ3n) is 0.885. The zero-order valence-electron chi connectivity index (χ0n) is 6.09. The summed E-state index contributed by atoms with van der Waals surface area (Å²) in [6.45, 7) is 0.229. The third kappa shape index (κ3) is 4.24. The summed E-state index contributed by atoms with van der Waals surface area (Å²) in [5, 5.41) is 0. The molecular formula is C4H8O6S2. The Morgan fingerprint density at radius 2 is 0.917 bits per heavy atom. The molecule has 8 heteroatoms. The first-order valence-electron chi connectivity index (χ1n) is 3.15. The molecule has 1 saturated heterocycles. The lowest BCUT2D eigenvalue weighted by Crippen LogP contribution is -2.16. The summed E-state index contributed by atoms with van der Waals surface area (Å²) in [4.78, 5) is 0. The van der Waals surface area contributed by atoms with Crippen LogP contribution < -0.4 is 0 Å². The average Bonchev–Trinajstić information content (AvgIpc) is 2.06. The fourth-order valence-electron chi connectivity index (χ4n) is 0.476. The van der Waals surface area contributed by atoms with Crippen LogP contribution in [0.25, 0.3) is 0 Å². The first-order chi connectivity index (χ1) is 5.79. The molecule has 6 nitrogen and oxygen atoms in total. The lowest BCUT2D eigenvalue weighted by molar-refractivity contribution is 0.150. The Hall–Kier alpha value is 0.140. The number of hydrogen-bond donors (Lipinski definition) is 0. The topological polar surface area (TPSA) is 71.1 Å². The first-order valence-corrected chi connectivity index (χ1v) is 5.15. The second-order valence-corrected chi connectivity index (χ2v) is 3.46. The monoisotopic (exact) mass is 216 g/mol. The summed E-state index contributed by atoms with van der Waals surface area (Å²) in [6.07, 6.45) is 0. The highest BCUT2D eigenvalue weighted by Crippen LogP contribution is 1.96. The SMILES string of the molecule is O=S1OCCOS(=O)OCCO1. The van der Waals surface area contributed by atoms with Gasteiger partial charge in [0, 0.05) is 0 Å². The van der Waals surface area contributed by atoms with Crippen molar-refractivity contribution in [1.29, 1.82) is 0 Å². The van der Waals surface area contributed by atoms with Gasteiger partial charge in [0.05, 0.1) is 26.4 Å². The van der Waals surface area contributed by atoms with Crippen molar-refractivity contribution in [2.24, 2.45) is 0 Å². The van der Waals surface area contributed by atoms with Gasteiger partial charge in [0.1, 0.15) is 0 Å². The van der Waals surface area contributed by atoms with Crippen LogP contribution in [0.4, 0.5) is 0 Å². The number of rotatable bonds is 0. The maximum Gasteiger partial charge on any atom is 0.304 e. The van der Waals surface area contributed by atoms with Gasteiger partial charge in [-0.2, -0.15) is 8.42 Å². The molecule has 0 unspecified atom stereocenters. The molecule has 1 aliphatic rings. The van der Waals surface area contributed by atoms with Gasteiger partial charge in [0.25, 0.3) is 0 Å². The molecule has 0 spiro atoms. The molecule has 1 aliphatic heterocycles. The van der Waals surface area contributed by atoms with Crippen molar-refractivity contribution in [2.75, 3.05) is 26.4 Å². The molecule has 0 aromatic carbocycles. The molecule has 0 aromatic rings. The average molecular weight is 216 g/mol. The fraction of sp³-hybridized carbons (Fsp3) is 1.00. The van der Waals surface area contributed by atoms with Gasteiger partial charge in [-0.3, -0.25) is 16.7 Å². The Labute approximate surface area is 74.9 Å². The molecule has 0 bridgehead atoms. The first kappa shape index (κ1) is 10.2. The van der Waals surface area contributed by atoms with Crippen LogP contribution in [0.5, 0.6) is 0 Å². The lowest BCUT2D eigenvalue weighted by Gasteiger charge is -2.07. The van der Waals surface area contributed by atoms with Gasteiger partial charge < -0.3 is 0 Å². The standard InChI is InChI=1S/C4H8O6S2/c5-11-7-1-2-8-12(6)10-4-3-9-11/h1-4H2. The van der Waals surface area contributed by atoms with Crippen LogP contribution >= 0.6 is 0 Å². The molecular weight excluding hydrogens is 208 g/mol. The molecule has 1 heterocycles. The van der Waals surface area contributed by atoms with Gasteiger partial charge in [0.15, 0.2) is 0 Å². The van der Waals surface area contributed by atoms with E-state index in [-0.39, 0.29) is 26.4 Å². The van der Waals surface area contributed by atoms with E-state index in [0.29, 0.717) is 0 Å². The molecule has 72 valence electrons. The van der Waals surface area contributed by atoms with Crippen LogP contribution in [0, 0.1) is 0 Å². The smallest absolute Gasteiger partial charge is 0.266 e. The van der Waals surface area contributed by atoms with Gasteiger partial charge in [-0.25, -0.2) is 0 Å². The summed E-state index contributed by atoms with van der Waals surface area (Å²) in [5.74, 6) is 0. The molecule has 0 atom stereocenters. The van der Waals surface area contributed by atoms with Gasteiger partial charge in [-0.1, -0.05) is 0 Å². The highest BCUT2D eigenvalue weighted by molar-refractivity contribution is 7.75. The second-order valence-electron chi connectivity index (χ2n) is 1.70. The molecule has 0 amide bonds. The van der Waals surface area contributed by atoms with Gasteiger partial charge in [0.2, 0.25) is 0 Å². The molecule has 12 heavy (non-hydrogen) atoms. The quantitative estimate of drug-likeness (QED) is 0.529. The van der Waals surface area contributed by atoms with E-state index in [1.54, 1.807) is 0 Å². The van der Waals surface area contributed by atoms with Crippen molar-refractivity contribution < 1.29 is 25.2 Å². The summed E-state index contributed by atoms with van der Waals surface area (Å²) in [5.41, 5.74) is 0. The van der Waals surface area contributed by atoms with E-state index >= 15 is 0 Å². The van der Waals surface area contributed by atoms with Gasteiger partial charge >= 0.3 is 22.7 Å². The van der Waals surface area contributed by atoms with Crippen molar-refractivity contribution in [3.8, 4) is 0 Å². The van der Waals surface area contributed by atoms with Crippen LogP contribution in [0.3, 0.4) is 0 Å². The maximum absolute atomic E-state index is 10.7. The highest BCUT2D eigenvalue weighted by atomic mass is 32.2. The predicted octanol–water partition coefficient (Wildman–Crippen LogP) is -0.776. The fourth-order valence-corrected chi connectivity index (χ4v) is 1.43. The zero-order valence-corrected chi connectivity index (χ0v) is 7.73. The highest BCUT2D eigenvalue weighted by Gasteiger charge is 2.07. The third-order valence-corrected chi connectivity index (χ3v) is 2.32. The van der Waals surface area contributed by atoms with Crippen molar-refractivity contribution >= 4 is 22.7 Å². The molecule has 0 saturated carbocycles. The lowest BCUT2D eigenvalue weighted by atomic mass is 10.8. The molecule has 1 rings (SSSR count). The molecule has 0 aliphatic carbocycles. The molecule has 0 N–H and O–H groups in total. The Morgan fingerprint density at radius 3 is 1.17 bits per heavy atom. The van der Waals surface area contributed by atoms with E-state index in [4.69, 9.17) is 0 Å². The van der Waals surface area contributed by atoms with Crippen molar-refractivity contribution in [1.82, 2.24) is 0 Å². The summed E-state index contributed by atoms with van der Waals surface area (Å²) < 4.78 is 39.7. The Balaban J connectivity index is 2.29. The van der Waals surface area contributed by atoms with Gasteiger partial charge in [-0.05, 0) is 0 Å². The minimum atomic E-state index is -1.76. The minimum Gasteiger partial charge on any atom is -0.266 e. The number of hydrogen-bond acceptors (Lipinski definition) is 6. The van der Waals surface area contributed by atoms with Crippen LogP contribution in [-0.4, -0.2) is 34.8 Å². The molecule has 0 radical (unpaired) electrons. The Kier molecular flexibility index (Phi) is 4.88. The van der Waals surface area contributed by atoms with Crippen LogP contribution in [0.15, 0.2) is 0 Å². The van der Waals surface area contributed by atoms with Crippen LogP contribution in [-0.2, 0) is 39.5 Å². The van der Waals surface area contributed by atoms with Crippen molar-refractivity contribution in [3.63, 3.8) is 0 Å². The minimum absolute atomic E-state index is 0.0573. The normalized spacial score (nSPS) is 34.3. The zero-order chi connectivity index (χ0) is 8.81. The van der Waals surface area contributed by atoms with E-state index in [1.807, 2.05) is 0 Å². The van der Waals surface area contributed by atoms with Crippen LogP contribution in [0.2, 0.25) is 0 Å². The predicted molar refractivity (Wildman–Crippen MR) is 40.1 cm³/mol. The van der Waals surface area contributed by atoms with Crippen molar-refractivity contribution in [3.05, 3.63) is 0 Å².